The van der Waals surface area contributed by atoms with Gasteiger partial charge in [-0.3, -0.25) is 0 Å². The first-order valence-electron chi connectivity index (χ1n) is 3.48. The highest BCUT2D eigenvalue weighted by Crippen LogP contribution is 2.15. The molecule has 0 atom stereocenters. The fraction of sp³-hybridized carbons (Fsp3) is 0.500. The molecule has 0 bridgehead atoms. The van der Waals surface area contributed by atoms with Crippen LogP contribution in [0.3, 0.4) is 0 Å². The van der Waals surface area contributed by atoms with E-state index in [2.05, 4.69) is 31.0 Å². The summed E-state index contributed by atoms with van der Waals surface area (Å²) in [5.41, 5.74) is 1.39. The summed E-state index contributed by atoms with van der Waals surface area (Å²) >= 11 is 6.02. The molecule has 2 heteroatoms. The van der Waals surface area contributed by atoms with Crippen LogP contribution in [0, 0.1) is 6.92 Å². The number of thiol groups is 1. The van der Waals surface area contributed by atoms with Crippen LogP contribution in [0.1, 0.15) is 16.9 Å². The highest BCUT2D eigenvalue weighted by atomic mass is 32.1. The van der Waals surface area contributed by atoms with Crippen molar-refractivity contribution in [1.29, 1.82) is 0 Å². The second-order valence-electron chi connectivity index (χ2n) is 2.42. The predicted octanol–water partition coefficient (Wildman–Crippen LogP) is 2.92. The largest absolute Gasteiger partial charge is 0.179 e. The minimum absolute atomic E-state index is 0.997. The van der Waals surface area contributed by atoms with E-state index in [1.165, 1.54) is 23.3 Å². The fourth-order valence-corrected chi connectivity index (χ4v) is 1.95. The van der Waals surface area contributed by atoms with Crippen molar-refractivity contribution in [2.45, 2.75) is 19.8 Å². The minimum atomic E-state index is 0.997. The van der Waals surface area contributed by atoms with Gasteiger partial charge in [0.05, 0.1) is 0 Å². The van der Waals surface area contributed by atoms with Gasteiger partial charge in [-0.2, -0.15) is 12.6 Å². The SMILES string of the molecule is Cc1csc(CCCS)c1. The smallest absolute Gasteiger partial charge is 0.00482 e. The van der Waals surface area contributed by atoms with Crippen molar-refractivity contribution in [1.82, 2.24) is 0 Å². The molecular formula is C8H12S2. The first-order valence-corrected chi connectivity index (χ1v) is 4.99. The van der Waals surface area contributed by atoms with Gasteiger partial charge >= 0.3 is 0 Å². The lowest BCUT2D eigenvalue weighted by Crippen LogP contribution is -1.79. The summed E-state index contributed by atoms with van der Waals surface area (Å²) in [6.45, 7) is 2.14. The van der Waals surface area contributed by atoms with Gasteiger partial charge in [-0.1, -0.05) is 0 Å². The van der Waals surface area contributed by atoms with Crippen LogP contribution >= 0.6 is 24.0 Å². The molecule has 0 spiro atoms. The Hall–Kier alpha value is 0.0500. The lowest BCUT2D eigenvalue weighted by atomic mass is 10.2. The van der Waals surface area contributed by atoms with Crippen LogP contribution in [-0.2, 0) is 6.42 Å². The van der Waals surface area contributed by atoms with Gasteiger partial charge in [0.2, 0.25) is 0 Å². The second kappa shape index (κ2) is 4.04. The van der Waals surface area contributed by atoms with E-state index in [4.69, 9.17) is 0 Å². The molecule has 0 aliphatic carbocycles. The van der Waals surface area contributed by atoms with E-state index in [1.54, 1.807) is 0 Å². The highest BCUT2D eigenvalue weighted by Gasteiger charge is 1.94. The molecule has 0 nitrogen and oxygen atoms in total. The minimum Gasteiger partial charge on any atom is -0.179 e. The zero-order chi connectivity index (χ0) is 7.40. The fourth-order valence-electron chi connectivity index (χ4n) is 0.875. The summed E-state index contributed by atoms with van der Waals surface area (Å²) in [5.74, 6) is 0.997. The summed E-state index contributed by atoms with van der Waals surface area (Å²) in [7, 11) is 0. The van der Waals surface area contributed by atoms with Crippen molar-refractivity contribution in [3.05, 3.63) is 21.9 Å². The highest BCUT2D eigenvalue weighted by molar-refractivity contribution is 7.80. The molecule has 0 aliphatic rings. The molecule has 0 aliphatic heterocycles. The molecule has 1 heterocycles. The average molecular weight is 172 g/mol. The third-order valence-electron chi connectivity index (χ3n) is 1.37. The lowest BCUT2D eigenvalue weighted by molar-refractivity contribution is 0.955. The Morgan fingerprint density at radius 1 is 1.60 bits per heavy atom. The summed E-state index contributed by atoms with van der Waals surface area (Å²) in [5, 5.41) is 2.20. The molecule has 0 N–H and O–H groups in total. The van der Waals surface area contributed by atoms with Gasteiger partial charge in [0.1, 0.15) is 0 Å². The second-order valence-corrected chi connectivity index (χ2v) is 3.86. The van der Waals surface area contributed by atoms with Crippen LogP contribution in [-0.4, -0.2) is 5.75 Å². The zero-order valence-corrected chi connectivity index (χ0v) is 7.84. The molecule has 10 heavy (non-hydrogen) atoms. The summed E-state index contributed by atoms with van der Waals surface area (Å²) in [6, 6.07) is 2.26. The van der Waals surface area contributed by atoms with Crippen LogP contribution in [0.2, 0.25) is 0 Å². The van der Waals surface area contributed by atoms with Gasteiger partial charge in [-0.15, -0.1) is 11.3 Å². The van der Waals surface area contributed by atoms with E-state index in [0.717, 1.165) is 5.75 Å². The Morgan fingerprint density at radius 3 is 2.90 bits per heavy atom. The van der Waals surface area contributed by atoms with Crippen LogP contribution in [0.4, 0.5) is 0 Å². The van der Waals surface area contributed by atoms with Crippen molar-refractivity contribution in [2.75, 3.05) is 5.75 Å². The summed E-state index contributed by atoms with van der Waals surface area (Å²) in [6.07, 6.45) is 2.39. The van der Waals surface area contributed by atoms with Gasteiger partial charge < -0.3 is 0 Å². The van der Waals surface area contributed by atoms with Crippen LogP contribution in [0.5, 0.6) is 0 Å². The Labute approximate surface area is 71.7 Å². The third-order valence-corrected chi connectivity index (χ3v) is 2.80. The Kier molecular flexibility index (Phi) is 3.29. The maximum Gasteiger partial charge on any atom is 0.00482 e. The molecule has 0 fully saturated rings. The molecule has 1 aromatic heterocycles. The predicted molar refractivity (Wildman–Crippen MR) is 51.2 cm³/mol. The number of rotatable bonds is 3. The molecule has 1 aromatic rings. The van der Waals surface area contributed by atoms with Gasteiger partial charge in [-0.05, 0) is 42.5 Å². The van der Waals surface area contributed by atoms with Gasteiger partial charge in [0.15, 0.2) is 0 Å². The third kappa shape index (κ3) is 2.35. The van der Waals surface area contributed by atoms with Crippen molar-refractivity contribution >= 4 is 24.0 Å². The van der Waals surface area contributed by atoms with E-state index in [-0.39, 0.29) is 0 Å². The van der Waals surface area contributed by atoms with Crippen LogP contribution < -0.4 is 0 Å². The van der Waals surface area contributed by atoms with Gasteiger partial charge in [0, 0.05) is 4.88 Å². The first kappa shape index (κ1) is 8.15. The number of hydrogen-bond donors (Lipinski definition) is 1. The average Bonchev–Trinajstić information content (AvgIpc) is 2.31. The van der Waals surface area contributed by atoms with Crippen molar-refractivity contribution in [3.8, 4) is 0 Å². The first-order chi connectivity index (χ1) is 4.83. The standard InChI is InChI=1S/C8H12S2/c1-7-5-8(10-6-7)3-2-4-9/h5-6,9H,2-4H2,1H3. The molecule has 56 valence electrons. The maximum absolute atomic E-state index is 4.16. The van der Waals surface area contributed by atoms with Crippen LogP contribution in [0.15, 0.2) is 11.4 Å². The van der Waals surface area contributed by atoms with Crippen LogP contribution in [0.25, 0.3) is 0 Å². The molecular weight excluding hydrogens is 160 g/mol. The Balaban J connectivity index is 2.42. The zero-order valence-electron chi connectivity index (χ0n) is 6.13. The number of thiophene rings is 1. The Morgan fingerprint density at radius 2 is 2.40 bits per heavy atom. The van der Waals surface area contributed by atoms with E-state index in [0.29, 0.717) is 0 Å². The quantitative estimate of drug-likeness (QED) is 0.666. The van der Waals surface area contributed by atoms with E-state index in [1.807, 2.05) is 11.3 Å². The van der Waals surface area contributed by atoms with E-state index >= 15 is 0 Å². The van der Waals surface area contributed by atoms with E-state index in [9.17, 15) is 0 Å². The van der Waals surface area contributed by atoms with Crippen molar-refractivity contribution < 1.29 is 0 Å². The normalized spacial score (nSPS) is 10.2. The molecule has 0 saturated heterocycles. The lowest BCUT2D eigenvalue weighted by Gasteiger charge is -1.90. The maximum atomic E-state index is 4.16. The van der Waals surface area contributed by atoms with E-state index < -0.39 is 0 Å². The number of aryl methyl sites for hydroxylation is 2. The van der Waals surface area contributed by atoms with Gasteiger partial charge in [-0.25, -0.2) is 0 Å². The van der Waals surface area contributed by atoms with Crippen molar-refractivity contribution in [3.63, 3.8) is 0 Å². The Bertz CT molecular complexity index is 191. The summed E-state index contributed by atoms with van der Waals surface area (Å²) < 4.78 is 0. The van der Waals surface area contributed by atoms with Crippen molar-refractivity contribution in [2.24, 2.45) is 0 Å². The topological polar surface area (TPSA) is 0 Å². The monoisotopic (exact) mass is 172 g/mol. The molecule has 0 aromatic carbocycles. The molecule has 0 unspecified atom stereocenters. The molecule has 0 saturated carbocycles. The molecule has 0 amide bonds. The summed E-state index contributed by atoms with van der Waals surface area (Å²) in [4.78, 5) is 1.49. The molecule has 0 radical (unpaired) electrons. The van der Waals surface area contributed by atoms with Gasteiger partial charge in [0.25, 0.3) is 0 Å². The number of hydrogen-bond acceptors (Lipinski definition) is 2. The molecule has 1 rings (SSSR count).